The van der Waals surface area contributed by atoms with Crippen molar-refractivity contribution in [3.8, 4) is 11.1 Å². The molecule has 4 heterocycles. The minimum atomic E-state index is -0.0264. The smallest absolute Gasteiger partial charge is 0.260 e. The van der Waals surface area contributed by atoms with Crippen LogP contribution in [-0.4, -0.2) is 37.6 Å². The van der Waals surface area contributed by atoms with Gasteiger partial charge in [0.05, 0.1) is 0 Å². The van der Waals surface area contributed by atoms with Crippen LogP contribution in [-0.2, 0) is 6.54 Å². The fourth-order valence-corrected chi connectivity index (χ4v) is 6.80. The Hall–Kier alpha value is -3.22. The van der Waals surface area contributed by atoms with Gasteiger partial charge >= 0.3 is 0 Å². The summed E-state index contributed by atoms with van der Waals surface area (Å²) < 4.78 is 1.87. The molecule has 7 heteroatoms. The van der Waals surface area contributed by atoms with E-state index < -0.39 is 0 Å². The summed E-state index contributed by atoms with van der Waals surface area (Å²) in [5, 5.41) is 5.11. The first-order chi connectivity index (χ1) is 18.6. The number of pyridine rings is 1. The maximum Gasteiger partial charge on any atom is 0.260 e. The molecule has 2 aromatic carbocycles. The Morgan fingerprint density at radius 2 is 1.63 bits per heavy atom. The van der Waals surface area contributed by atoms with Gasteiger partial charge in [0.25, 0.3) is 5.56 Å². The number of nitrogens with one attached hydrogen (secondary N) is 1. The van der Waals surface area contributed by atoms with Crippen LogP contribution in [0.2, 0.25) is 5.02 Å². The van der Waals surface area contributed by atoms with Gasteiger partial charge in [-0.05, 0) is 56.2 Å². The maximum absolute atomic E-state index is 13.7. The second-order valence-corrected chi connectivity index (χ2v) is 11.5. The Morgan fingerprint density at radius 1 is 0.895 bits per heavy atom. The summed E-state index contributed by atoms with van der Waals surface area (Å²) in [7, 11) is 0. The van der Waals surface area contributed by atoms with Crippen LogP contribution in [0.25, 0.3) is 22.2 Å². The van der Waals surface area contributed by atoms with Crippen LogP contribution in [0, 0.1) is 0 Å². The molecule has 0 spiro atoms. The van der Waals surface area contributed by atoms with E-state index in [2.05, 4.69) is 40.5 Å². The van der Waals surface area contributed by atoms with Crippen LogP contribution in [0.4, 0.5) is 5.95 Å². The lowest BCUT2D eigenvalue weighted by Crippen LogP contribution is -2.54. The second kappa shape index (κ2) is 9.83. The predicted molar refractivity (Wildman–Crippen MR) is 153 cm³/mol. The third kappa shape index (κ3) is 4.50. The molecule has 3 aliphatic rings. The Morgan fingerprint density at radius 3 is 2.37 bits per heavy atom. The largest absolute Gasteiger partial charge is 0.351 e. The predicted octanol–water partition coefficient (Wildman–Crippen LogP) is 6.44. The SMILES string of the molecule is O=c1c(-c2ccccc2Cl)cc2cnc(NC3CC4CCCC(C3)N4Cc3ccccc3)nc2n1C1CC1. The summed E-state index contributed by atoms with van der Waals surface area (Å²) in [6, 6.07) is 21.9. The number of rotatable bonds is 6. The summed E-state index contributed by atoms with van der Waals surface area (Å²) >= 11 is 6.47. The van der Waals surface area contributed by atoms with Gasteiger partial charge < -0.3 is 5.32 Å². The molecule has 194 valence electrons. The fraction of sp³-hybridized carbons (Fsp3) is 0.387. The lowest BCUT2D eigenvalue weighted by Gasteiger charge is -2.49. The van der Waals surface area contributed by atoms with Crippen molar-refractivity contribution in [2.75, 3.05) is 5.32 Å². The van der Waals surface area contributed by atoms with Gasteiger partial charge in [-0.1, -0.05) is 66.6 Å². The van der Waals surface area contributed by atoms with E-state index in [-0.39, 0.29) is 11.6 Å². The van der Waals surface area contributed by atoms with E-state index in [1.165, 1.54) is 24.8 Å². The Bertz CT molecular complexity index is 1520. The molecule has 2 unspecified atom stereocenters. The summed E-state index contributed by atoms with van der Waals surface area (Å²) in [5.41, 5.74) is 3.45. The molecular weight excluding hydrogens is 494 g/mol. The summed E-state index contributed by atoms with van der Waals surface area (Å²) in [4.78, 5) is 26.0. The van der Waals surface area contributed by atoms with Crippen molar-refractivity contribution in [1.82, 2.24) is 19.4 Å². The lowest BCUT2D eigenvalue weighted by molar-refractivity contribution is 0.0276. The van der Waals surface area contributed by atoms with Gasteiger partial charge in [0.15, 0.2) is 0 Å². The van der Waals surface area contributed by atoms with Crippen molar-refractivity contribution in [1.29, 1.82) is 0 Å². The first-order valence-corrected chi connectivity index (χ1v) is 14.3. The standard InChI is InChI=1S/C31H32ClN5O/c32-28-12-5-4-11-26(28)27-15-21-18-33-31(35-29(21)37(30(27)38)23-13-14-23)34-22-16-24-9-6-10-25(17-22)36(24)19-20-7-2-1-3-8-20/h1-5,7-8,11-12,15,18,22-25H,6,9-10,13-14,16-17,19H2,(H,33,34,35). The summed E-state index contributed by atoms with van der Waals surface area (Å²) in [6.45, 7) is 1.02. The first kappa shape index (κ1) is 23.9. The van der Waals surface area contributed by atoms with E-state index in [9.17, 15) is 4.79 Å². The molecule has 3 fully saturated rings. The highest BCUT2D eigenvalue weighted by Crippen LogP contribution is 2.38. The summed E-state index contributed by atoms with van der Waals surface area (Å²) in [5.74, 6) is 0.622. The van der Waals surface area contributed by atoms with Crippen molar-refractivity contribution < 1.29 is 0 Å². The van der Waals surface area contributed by atoms with Gasteiger partial charge in [-0.15, -0.1) is 0 Å². The van der Waals surface area contributed by atoms with Gasteiger partial charge in [-0.3, -0.25) is 14.3 Å². The normalized spacial score (nSPS) is 23.4. The van der Waals surface area contributed by atoms with Crippen LogP contribution in [0.15, 0.2) is 71.7 Å². The van der Waals surface area contributed by atoms with Gasteiger partial charge in [0.1, 0.15) is 5.65 Å². The highest BCUT2D eigenvalue weighted by molar-refractivity contribution is 6.33. The zero-order valence-corrected chi connectivity index (χ0v) is 22.1. The number of halogens is 1. The fourth-order valence-electron chi connectivity index (χ4n) is 6.57. The number of hydrogen-bond acceptors (Lipinski definition) is 5. The van der Waals surface area contributed by atoms with E-state index in [0.717, 1.165) is 43.2 Å². The van der Waals surface area contributed by atoms with E-state index in [1.54, 1.807) is 0 Å². The molecule has 1 N–H and O–H groups in total. The average Bonchev–Trinajstić information content (AvgIpc) is 3.75. The van der Waals surface area contributed by atoms with Crippen molar-refractivity contribution >= 4 is 28.6 Å². The van der Waals surface area contributed by atoms with E-state index in [4.69, 9.17) is 21.6 Å². The molecule has 4 aromatic rings. The second-order valence-electron chi connectivity index (χ2n) is 11.1. The number of hydrogen-bond donors (Lipinski definition) is 1. The van der Waals surface area contributed by atoms with Crippen LogP contribution in [0.3, 0.4) is 0 Å². The van der Waals surface area contributed by atoms with E-state index >= 15 is 0 Å². The Kier molecular flexibility index (Phi) is 6.17. The van der Waals surface area contributed by atoms with Crippen molar-refractivity contribution in [3.05, 3.63) is 87.8 Å². The Labute approximate surface area is 227 Å². The molecule has 2 aliphatic heterocycles. The first-order valence-electron chi connectivity index (χ1n) is 13.9. The molecule has 1 saturated carbocycles. The van der Waals surface area contributed by atoms with Gasteiger partial charge in [0, 0.05) is 58.4 Å². The van der Waals surface area contributed by atoms with Crippen LogP contribution < -0.4 is 10.9 Å². The molecule has 2 saturated heterocycles. The molecule has 0 amide bonds. The number of fused-ring (bicyclic) bond motifs is 3. The quantitative estimate of drug-likeness (QED) is 0.313. The monoisotopic (exact) mass is 525 g/mol. The molecule has 0 radical (unpaired) electrons. The van der Waals surface area contributed by atoms with Gasteiger partial charge in [-0.25, -0.2) is 4.98 Å². The van der Waals surface area contributed by atoms with Crippen molar-refractivity contribution in [3.63, 3.8) is 0 Å². The van der Waals surface area contributed by atoms with Crippen molar-refractivity contribution in [2.45, 2.75) is 75.7 Å². The minimum absolute atomic E-state index is 0.0264. The van der Waals surface area contributed by atoms with Crippen LogP contribution in [0.1, 0.15) is 56.6 Å². The average molecular weight is 526 g/mol. The third-order valence-electron chi connectivity index (χ3n) is 8.52. The number of aromatic nitrogens is 3. The Balaban J connectivity index is 1.16. The number of nitrogens with zero attached hydrogens (tertiary/aromatic N) is 4. The molecule has 1 aliphatic carbocycles. The lowest BCUT2D eigenvalue weighted by atomic mass is 9.81. The molecule has 2 bridgehead atoms. The number of benzene rings is 2. The highest BCUT2D eigenvalue weighted by Gasteiger charge is 2.38. The number of anilines is 1. The molecule has 6 nitrogen and oxygen atoms in total. The van der Waals surface area contributed by atoms with Crippen molar-refractivity contribution in [2.24, 2.45) is 0 Å². The zero-order chi connectivity index (χ0) is 25.6. The molecule has 7 rings (SSSR count). The van der Waals surface area contributed by atoms with Gasteiger partial charge in [-0.2, -0.15) is 4.98 Å². The third-order valence-corrected chi connectivity index (χ3v) is 8.85. The minimum Gasteiger partial charge on any atom is -0.351 e. The van der Waals surface area contributed by atoms with Crippen LogP contribution >= 0.6 is 11.6 Å². The molecular formula is C31H32ClN5O. The van der Waals surface area contributed by atoms with Crippen LogP contribution in [0.5, 0.6) is 0 Å². The number of piperidine rings is 2. The molecule has 38 heavy (non-hydrogen) atoms. The van der Waals surface area contributed by atoms with E-state index in [0.29, 0.717) is 40.3 Å². The topological polar surface area (TPSA) is 63.1 Å². The zero-order valence-electron chi connectivity index (χ0n) is 21.4. The maximum atomic E-state index is 13.7. The molecule has 2 atom stereocenters. The summed E-state index contributed by atoms with van der Waals surface area (Å²) in [6.07, 6.45) is 9.82. The molecule has 2 aromatic heterocycles. The van der Waals surface area contributed by atoms with Gasteiger partial charge in [0.2, 0.25) is 5.95 Å². The highest BCUT2D eigenvalue weighted by atomic mass is 35.5. The van der Waals surface area contributed by atoms with E-state index in [1.807, 2.05) is 41.1 Å².